The van der Waals surface area contributed by atoms with Gasteiger partial charge in [0.1, 0.15) is 5.15 Å². The highest BCUT2D eigenvalue weighted by Gasteiger charge is 2.16. The van der Waals surface area contributed by atoms with Crippen molar-refractivity contribution in [2.75, 3.05) is 0 Å². The molecule has 0 spiro atoms. The van der Waals surface area contributed by atoms with E-state index in [1.54, 1.807) is 6.20 Å². The van der Waals surface area contributed by atoms with Gasteiger partial charge in [0, 0.05) is 22.7 Å². The minimum Gasteiger partial charge on any atom is -0.358 e. The van der Waals surface area contributed by atoms with Crippen LogP contribution in [0, 0.1) is 0 Å². The second kappa shape index (κ2) is 2.99. The number of hydrogen-bond donors (Lipinski definition) is 1. The van der Waals surface area contributed by atoms with Crippen molar-refractivity contribution in [3.63, 3.8) is 0 Å². The van der Waals surface area contributed by atoms with Crippen LogP contribution in [0.3, 0.4) is 0 Å². The maximum Gasteiger partial charge on any atom is 0.131 e. The fourth-order valence-electron chi connectivity index (χ4n) is 1.40. The minimum atomic E-state index is 0.130. The van der Waals surface area contributed by atoms with E-state index in [2.05, 4.69) is 36.8 Å². The monoisotopic (exact) mass is 208 g/mol. The Labute approximate surface area is 88.3 Å². The lowest BCUT2D eigenvalue weighted by Crippen LogP contribution is -2.10. The third-order valence-corrected chi connectivity index (χ3v) is 2.49. The number of aromatic nitrogens is 2. The summed E-state index contributed by atoms with van der Waals surface area (Å²) in [5.74, 6) is 0. The summed E-state index contributed by atoms with van der Waals surface area (Å²) in [6, 6.07) is 3.98. The largest absolute Gasteiger partial charge is 0.358 e. The highest BCUT2D eigenvalue weighted by Crippen LogP contribution is 2.26. The molecule has 0 saturated carbocycles. The van der Waals surface area contributed by atoms with Crippen LogP contribution in [0.5, 0.6) is 0 Å². The number of pyridine rings is 1. The van der Waals surface area contributed by atoms with E-state index in [9.17, 15) is 0 Å². The number of H-pyrrole nitrogens is 1. The Bertz CT molecular complexity index is 466. The first kappa shape index (κ1) is 9.53. The van der Waals surface area contributed by atoms with Crippen molar-refractivity contribution >= 4 is 22.5 Å². The van der Waals surface area contributed by atoms with Crippen LogP contribution in [0.1, 0.15) is 26.5 Å². The number of nitrogens with one attached hydrogen (secondary N) is 1. The third kappa shape index (κ3) is 1.62. The molecule has 2 nitrogen and oxygen atoms in total. The normalized spacial score (nSPS) is 12.3. The van der Waals surface area contributed by atoms with Crippen LogP contribution in [0.15, 0.2) is 18.3 Å². The molecule has 3 heteroatoms. The first-order chi connectivity index (χ1) is 6.47. The van der Waals surface area contributed by atoms with Gasteiger partial charge in [0.2, 0.25) is 0 Å². The van der Waals surface area contributed by atoms with Gasteiger partial charge in [-0.15, -0.1) is 0 Å². The van der Waals surface area contributed by atoms with Crippen LogP contribution >= 0.6 is 11.6 Å². The molecule has 2 rings (SSSR count). The van der Waals surface area contributed by atoms with Crippen LogP contribution < -0.4 is 0 Å². The molecule has 0 amide bonds. The van der Waals surface area contributed by atoms with Crippen LogP contribution in [0.4, 0.5) is 0 Å². The molecule has 2 heterocycles. The molecule has 0 aliphatic carbocycles. The molecule has 0 aliphatic heterocycles. The smallest absolute Gasteiger partial charge is 0.131 e. The van der Waals surface area contributed by atoms with Crippen LogP contribution in [0.2, 0.25) is 5.15 Å². The molecule has 1 N–H and O–H groups in total. The number of nitrogens with zero attached hydrogens (tertiary/aromatic N) is 1. The topological polar surface area (TPSA) is 28.7 Å². The molecule has 0 atom stereocenters. The van der Waals surface area contributed by atoms with E-state index < -0.39 is 0 Å². The minimum absolute atomic E-state index is 0.130. The summed E-state index contributed by atoms with van der Waals surface area (Å²) in [6.45, 7) is 6.52. The van der Waals surface area contributed by atoms with Gasteiger partial charge in [-0.3, -0.25) is 0 Å². The van der Waals surface area contributed by atoms with Gasteiger partial charge in [-0.1, -0.05) is 32.4 Å². The van der Waals surface area contributed by atoms with Gasteiger partial charge >= 0.3 is 0 Å². The highest BCUT2D eigenvalue weighted by molar-refractivity contribution is 6.30. The molecule has 74 valence electrons. The zero-order valence-corrected chi connectivity index (χ0v) is 9.31. The van der Waals surface area contributed by atoms with Gasteiger partial charge < -0.3 is 4.98 Å². The maximum absolute atomic E-state index is 5.81. The fourth-order valence-corrected chi connectivity index (χ4v) is 1.56. The number of halogens is 1. The van der Waals surface area contributed by atoms with E-state index in [1.165, 1.54) is 5.69 Å². The standard InChI is InChI=1S/C11H13ClN2/c1-11(2,3)9-4-7-6-13-10(12)5-8(7)14-9/h4-6,14H,1-3H3. The first-order valence-corrected chi connectivity index (χ1v) is 4.99. The van der Waals surface area contributed by atoms with Crippen molar-refractivity contribution in [3.8, 4) is 0 Å². The van der Waals surface area contributed by atoms with Crippen molar-refractivity contribution in [1.82, 2.24) is 9.97 Å². The Kier molecular flexibility index (Phi) is 2.04. The van der Waals surface area contributed by atoms with E-state index in [4.69, 9.17) is 11.6 Å². The average Bonchev–Trinajstić information content (AvgIpc) is 2.45. The summed E-state index contributed by atoms with van der Waals surface area (Å²) in [6.07, 6.45) is 1.80. The zero-order chi connectivity index (χ0) is 10.3. The van der Waals surface area contributed by atoms with Crippen molar-refractivity contribution < 1.29 is 0 Å². The van der Waals surface area contributed by atoms with Crippen molar-refractivity contribution in [2.45, 2.75) is 26.2 Å². The summed E-state index contributed by atoms with van der Waals surface area (Å²) >= 11 is 5.81. The van der Waals surface area contributed by atoms with Gasteiger partial charge in [-0.05, 0) is 12.1 Å². The van der Waals surface area contributed by atoms with Crippen molar-refractivity contribution in [3.05, 3.63) is 29.2 Å². The van der Waals surface area contributed by atoms with E-state index in [0.717, 1.165) is 10.9 Å². The van der Waals surface area contributed by atoms with E-state index in [1.807, 2.05) is 6.07 Å². The average molecular weight is 209 g/mol. The predicted octanol–water partition coefficient (Wildman–Crippen LogP) is 3.51. The predicted molar refractivity (Wildman–Crippen MR) is 59.8 cm³/mol. The Morgan fingerprint density at radius 1 is 1.29 bits per heavy atom. The summed E-state index contributed by atoms with van der Waals surface area (Å²) in [5.41, 5.74) is 2.39. The molecule has 0 aliphatic rings. The van der Waals surface area contributed by atoms with Gasteiger partial charge in [0.05, 0.1) is 5.52 Å². The number of hydrogen-bond acceptors (Lipinski definition) is 1. The lowest BCUT2D eigenvalue weighted by atomic mass is 9.92. The van der Waals surface area contributed by atoms with Gasteiger partial charge in [-0.2, -0.15) is 0 Å². The first-order valence-electron chi connectivity index (χ1n) is 4.61. The van der Waals surface area contributed by atoms with E-state index in [-0.39, 0.29) is 5.41 Å². The molecule has 14 heavy (non-hydrogen) atoms. The summed E-state index contributed by atoms with van der Waals surface area (Å²) in [7, 11) is 0. The molecule has 0 bridgehead atoms. The molecular formula is C11H13ClN2. The summed E-state index contributed by atoms with van der Waals surface area (Å²) in [5, 5.41) is 1.64. The Morgan fingerprint density at radius 3 is 2.64 bits per heavy atom. The van der Waals surface area contributed by atoms with Crippen LogP contribution in [-0.2, 0) is 5.41 Å². The number of aromatic amines is 1. The van der Waals surface area contributed by atoms with Gasteiger partial charge in [-0.25, -0.2) is 4.98 Å². The molecule has 0 fully saturated rings. The van der Waals surface area contributed by atoms with Crippen LogP contribution in [0.25, 0.3) is 10.9 Å². The Hall–Kier alpha value is -1.02. The lowest BCUT2D eigenvalue weighted by molar-refractivity contribution is 0.574. The Morgan fingerprint density at radius 2 is 2.00 bits per heavy atom. The molecule has 0 radical (unpaired) electrons. The number of rotatable bonds is 0. The Balaban J connectivity index is 2.63. The summed E-state index contributed by atoms with van der Waals surface area (Å²) in [4.78, 5) is 7.40. The van der Waals surface area contributed by atoms with Crippen molar-refractivity contribution in [1.29, 1.82) is 0 Å². The molecular weight excluding hydrogens is 196 g/mol. The second-order valence-electron chi connectivity index (χ2n) is 4.53. The maximum atomic E-state index is 5.81. The molecule has 2 aromatic heterocycles. The molecule has 0 aromatic carbocycles. The number of fused-ring (bicyclic) bond motifs is 1. The highest BCUT2D eigenvalue weighted by atomic mass is 35.5. The molecule has 0 unspecified atom stereocenters. The quantitative estimate of drug-likeness (QED) is 0.660. The SMILES string of the molecule is CC(C)(C)c1cc2cnc(Cl)cc2[nH]1. The van der Waals surface area contributed by atoms with E-state index in [0.29, 0.717) is 5.15 Å². The summed E-state index contributed by atoms with van der Waals surface area (Å²) < 4.78 is 0. The second-order valence-corrected chi connectivity index (χ2v) is 4.91. The van der Waals surface area contributed by atoms with Gasteiger partial charge in [0.15, 0.2) is 0 Å². The molecule has 0 saturated heterocycles. The fraction of sp³-hybridized carbons (Fsp3) is 0.364. The third-order valence-electron chi connectivity index (χ3n) is 2.28. The van der Waals surface area contributed by atoms with Crippen LogP contribution in [-0.4, -0.2) is 9.97 Å². The van der Waals surface area contributed by atoms with Crippen molar-refractivity contribution in [2.24, 2.45) is 0 Å². The van der Waals surface area contributed by atoms with Gasteiger partial charge in [0.25, 0.3) is 0 Å². The van der Waals surface area contributed by atoms with E-state index >= 15 is 0 Å². The lowest BCUT2D eigenvalue weighted by Gasteiger charge is -2.15. The molecule has 2 aromatic rings. The zero-order valence-electron chi connectivity index (χ0n) is 8.56.